The fraction of sp³-hybridized carbons (Fsp3) is 0.429. The van der Waals surface area contributed by atoms with Gasteiger partial charge >= 0.3 is 5.97 Å². The molecule has 0 aliphatic carbocycles. The molecule has 0 amide bonds. The van der Waals surface area contributed by atoms with Crippen molar-refractivity contribution in [3.63, 3.8) is 0 Å². The zero-order valence-electron chi connectivity index (χ0n) is 20.4. The Morgan fingerprint density at radius 3 is 2.61 bits per heavy atom. The molecule has 1 atom stereocenters. The van der Waals surface area contributed by atoms with E-state index < -0.39 is 17.5 Å². The maximum atomic E-state index is 13.1. The Hall–Kier alpha value is -2.74. The summed E-state index contributed by atoms with van der Waals surface area (Å²) in [4.78, 5) is 19.0. The molecule has 36 heavy (non-hydrogen) atoms. The number of ether oxygens (including phenoxy) is 1. The van der Waals surface area contributed by atoms with E-state index in [-0.39, 0.29) is 12.2 Å². The fourth-order valence-electron chi connectivity index (χ4n) is 5.12. The third kappa shape index (κ3) is 5.97. The first-order valence-electron chi connectivity index (χ1n) is 12.3. The number of methoxy groups -OCH3 is 1. The van der Waals surface area contributed by atoms with Gasteiger partial charge in [0.2, 0.25) is 0 Å². The van der Waals surface area contributed by atoms with E-state index in [2.05, 4.69) is 9.88 Å². The highest BCUT2D eigenvalue weighted by molar-refractivity contribution is 6.32. The van der Waals surface area contributed by atoms with E-state index in [0.717, 1.165) is 24.9 Å². The lowest BCUT2D eigenvalue weighted by atomic mass is 9.74. The summed E-state index contributed by atoms with van der Waals surface area (Å²) in [5.41, 5.74) is 1.47. The van der Waals surface area contributed by atoms with E-state index in [9.17, 15) is 19.4 Å². The molecule has 2 aromatic carbocycles. The minimum Gasteiger partial charge on any atom is -0.497 e. The number of piperidine rings is 1. The number of pyridine rings is 1. The molecule has 0 saturated carbocycles. The van der Waals surface area contributed by atoms with Crippen LogP contribution in [0.15, 0.2) is 48.7 Å². The third-order valence-electron chi connectivity index (χ3n) is 7.42. The second-order valence-electron chi connectivity index (χ2n) is 9.61. The van der Waals surface area contributed by atoms with Crippen molar-refractivity contribution in [3.05, 3.63) is 70.6 Å². The molecule has 4 rings (SSSR count). The van der Waals surface area contributed by atoms with Gasteiger partial charge in [0.1, 0.15) is 11.6 Å². The van der Waals surface area contributed by atoms with Crippen molar-refractivity contribution >= 4 is 28.5 Å². The van der Waals surface area contributed by atoms with Gasteiger partial charge in [-0.05, 0) is 94.1 Å². The molecule has 8 heteroatoms. The summed E-state index contributed by atoms with van der Waals surface area (Å²) >= 11 is 6.43. The minimum atomic E-state index is -0.917. The van der Waals surface area contributed by atoms with Crippen LogP contribution in [0.5, 0.6) is 5.75 Å². The summed E-state index contributed by atoms with van der Waals surface area (Å²) in [6, 6.07) is 12.0. The van der Waals surface area contributed by atoms with Crippen molar-refractivity contribution in [2.24, 2.45) is 5.41 Å². The summed E-state index contributed by atoms with van der Waals surface area (Å²) in [5, 5.41) is 22.3. The average molecular weight is 515 g/mol. The maximum absolute atomic E-state index is 13.1. The van der Waals surface area contributed by atoms with E-state index in [1.165, 1.54) is 18.3 Å². The molecule has 1 aliphatic heterocycles. The number of aryl methyl sites for hydroxylation is 1. The Balaban J connectivity index is 1.37. The van der Waals surface area contributed by atoms with Crippen molar-refractivity contribution in [3.8, 4) is 5.75 Å². The van der Waals surface area contributed by atoms with Gasteiger partial charge < -0.3 is 19.8 Å². The standard InChI is InChI=1S/C28H32ClFN2O4/c1-36-21-8-9-24-22(17-21)26(23(29)18-31-24)25(33)10-11-28(27(34)35)12-15-32(16-13-28)14-2-3-19-4-6-20(30)7-5-19/h4-9,17-18,25,33H,2-3,10-16H2,1H3,(H,34,35). The highest BCUT2D eigenvalue weighted by Gasteiger charge is 2.41. The predicted octanol–water partition coefficient (Wildman–Crippen LogP) is 5.65. The number of aromatic nitrogens is 1. The van der Waals surface area contributed by atoms with Crippen LogP contribution >= 0.6 is 11.6 Å². The zero-order chi connectivity index (χ0) is 25.7. The summed E-state index contributed by atoms with van der Waals surface area (Å²) in [5.74, 6) is -0.411. The van der Waals surface area contributed by atoms with Crippen molar-refractivity contribution in [1.29, 1.82) is 0 Å². The number of hydrogen-bond donors (Lipinski definition) is 2. The van der Waals surface area contributed by atoms with Crippen LogP contribution in [0.4, 0.5) is 4.39 Å². The number of benzene rings is 2. The average Bonchev–Trinajstić information content (AvgIpc) is 2.88. The highest BCUT2D eigenvalue weighted by Crippen LogP contribution is 2.41. The Bertz CT molecular complexity index is 1200. The molecule has 192 valence electrons. The Labute approximate surface area is 215 Å². The van der Waals surface area contributed by atoms with Gasteiger partial charge in [-0.25, -0.2) is 4.39 Å². The third-order valence-corrected chi connectivity index (χ3v) is 7.72. The van der Waals surface area contributed by atoms with Crippen LogP contribution in [0.3, 0.4) is 0 Å². The van der Waals surface area contributed by atoms with Crippen molar-refractivity contribution < 1.29 is 24.1 Å². The maximum Gasteiger partial charge on any atom is 0.309 e. The van der Waals surface area contributed by atoms with Gasteiger partial charge in [0.05, 0.1) is 29.2 Å². The van der Waals surface area contributed by atoms with Crippen LogP contribution in [-0.4, -0.2) is 52.8 Å². The topological polar surface area (TPSA) is 82.9 Å². The van der Waals surface area contributed by atoms with E-state index in [1.54, 1.807) is 31.4 Å². The number of aliphatic hydroxyl groups is 1. The predicted molar refractivity (Wildman–Crippen MR) is 138 cm³/mol. The molecule has 2 heterocycles. The largest absolute Gasteiger partial charge is 0.497 e. The number of fused-ring (bicyclic) bond motifs is 1. The summed E-state index contributed by atoms with van der Waals surface area (Å²) in [7, 11) is 1.57. The van der Waals surface area contributed by atoms with E-state index in [1.807, 2.05) is 6.07 Å². The first-order valence-corrected chi connectivity index (χ1v) is 12.7. The van der Waals surface area contributed by atoms with Crippen molar-refractivity contribution in [2.45, 2.75) is 44.6 Å². The molecule has 1 fully saturated rings. The zero-order valence-corrected chi connectivity index (χ0v) is 21.2. The normalized spacial score (nSPS) is 16.7. The number of carboxylic acids is 1. The summed E-state index contributed by atoms with van der Waals surface area (Å²) in [6.07, 6.45) is 4.10. The molecule has 3 aromatic rings. The lowest BCUT2D eigenvalue weighted by Crippen LogP contribution is -2.44. The SMILES string of the molecule is COc1ccc2ncc(Cl)c(C(O)CCC3(C(=O)O)CCN(CCCc4ccc(F)cc4)CC3)c2c1. The second kappa shape index (κ2) is 11.5. The molecule has 0 spiro atoms. The molecule has 1 aromatic heterocycles. The molecular formula is C28H32ClFN2O4. The molecule has 1 aliphatic rings. The Morgan fingerprint density at radius 1 is 1.22 bits per heavy atom. The van der Waals surface area contributed by atoms with Gasteiger partial charge in [0.25, 0.3) is 0 Å². The minimum absolute atomic E-state index is 0.232. The number of likely N-dealkylation sites (tertiary alicyclic amines) is 1. The van der Waals surface area contributed by atoms with Gasteiger partial charge in [-0.3, -0.25) is 9.78 Å². The Morgan fingerprint density at radius 2 is 1.94 bits per heavy atom. The van der Waals surface area contributed by atoms with Crippen LogP contribution in [0.25, 0.3) is 10.9 Å². The quantitative estimate of drug-likeness (QED) is 0.364. The number of carbonyl (C=O) groups is 1. The number of carboxylic acid groups (broad SMARTS) is 1. The molecule has 1 saturated heterocycles. The second-order valence-corrected chi connectivity index (χ2v) is 10.0. The van der Waals surface area contributed by atoms with Crippen LogP contribution in [0, 0.1) is 11.2 Å². The van der Waals surface area contributed by atoms with Gasteiger partial charge in [-0.2, -0.15) is 0 Å². The van der Waals surface area contributed by atoms with Gasteiger partial charge in [-0.1, -0.05) is 23.7 Å². The monoisotopic (exact) mass is 514 g/mol. The van der Waals surface area contributed by atoms with Gasteiger partial charge in [-0.15, -0.1) is 0 Å². The smallest absolute Gasteiger partial charge is 0.309 e. The molecule has 6 nitrogen and oxygen atoms in total. The van der Waals surface area contributed by atoms with Crippen LogP contribution in [-0.2, 0) is 11.2 Å². The molecule has 0 bridgehead atoms. The number of hydrogen-bond acceptors (Lipinski definition) is 5. The number of rotatable bonds is 10. The summed E-state index contributed by atoms with van der Waals surface area (Å²) < 4.78 is 18.4. The van der Waals surface area contributed by atoms with Crippen LogP contribution < -0.4 is 4.74 Å². The summed E-state index contributed by atoms with van der Waals surface area (Å²) in [6.45, 7) is 2.26. The van der Waals surface area contributed by atoms with E-state index in [0.29, 0.717) is 59.6 Å². The lowest BCUT2D eigenvalue weighted by Gasteiger charge is -2.39. The van der Waals surface area contributed by atoms with E-state index in [4.69, 9.17) is 16.3 Å². The molecule has 0 radical (unpaired) electrons. The lowest BCUT2D eigenvalue weighted by molar-refractivity contribution is -0.153. The number of nitrogens with zero attached hydrogens (tertiary/aromatic N) is 2. The molecule has 2 N–H and O–H groups in total. The van der Waals surface area contributed by atoms with E-state index >= 15 is 0 Å². The molecular weight excluding hydrogens is 483 g/mol. The number of halogens is 2. The first-order chi connectivity index (χ1) is 17.3. The van der Waals surface area contributed by atoms with Gasteiger partial charge in [0, 0.05) is 17.1 Å². The fourth-order valence-corrected chi connectivity index (χ4v) is 5.40. The Kier molecular flexibility index (Phi) is 8.44. The van der Waals surface area contributed by atoms with Crippen molar-refractivity contribution in [2.75, 3.05) is 26.7 Å². The van der Waals surface area contributed by atoms with Crippen molar-refractivity contribution in [1.82, 2.24) is 9.88 Å². The number of aliphatic hydroxyl groups excluding tert-OH is 1. The van der Waals surface area contributed by atoms with Crippen LogP contribution in [0.1, 0.15) is 49.3 Å². The van der Waals surface area contributed by atoms with Gasteiger partial charge in [0.15, 0.2) is 0 Å². The van der Waals surface area contributed by atoms with Crippen LogP contribution in [0.2, 0.25) is 5.02 Å². The first kappa shape index (κ1) is 26.3. The number of aliphatic carboxylic acids is 1. The molecule has 1 unspecified atom stereocenters. The highest BCUT2D eigenvalue weighted by atomic mass is 35.5.